The molecule has 0 aliphatic carbocycles. The Morgan fingerprint density at radius 1 is 1.32 bits per heavy atom. The summed E-state index contributed by atoms with van der Waals surface area (Å²) in [6.07, 6.45) is 0. The van der Waals surface area contributed by atoms with Crippen molar-refractivity contribution in [3.63, 3.8) is 0 Å². The molecule has 0 radical (unpaired) electrons. The summed E-state index contributed by atoms with van der Waals surface area (Å²) in [4.78, 5) is 13.3. The molecule has 0 saturated heterocycles. The van der Waals surface area contributed by atoms with E-state index in [2.05, 4.69) is 22.0 Å². The molecule has 0 N–H and O–H groups in total. The van der Waals surface area contributed by atoms with Crippen LogP contribution in [-0.2, 0) is 4.79 Å². The molecule has 2 aromatic rings. The number of aromatic nitrogens is 3. The molecule has 0 saturated carbocycles. The van der Waals surface area contributed by atoms with Gasteiger partial charge in [0.15, 0.2) is 11.0 Å². The molecule has 5 nitrogen and oxygen atoms in total. The maximum atomic E-state index is 11.3. The van der Waals surface area contributed by atoms with Crippen LogP contribution in [0.1, 0.15) is 25.7 Å². The number of rotatable bonds is 6. The van der Waals surface area contributed by atoms with Gasteiger partial charge in [0.1, 0.15) is 5.78 Å². The average molecular weight is 339 g/mol. The number of hydrogen-bond donors (Lipinski definition) is 0. The van der Waals surface area contributed by atoms with Crippen LogP contribution in [0, 0.1) is 0 Å². The molecule has 2 rings (SSSR count). The Morgan fingerprint density at radius 3 is 2.50 bits per heavy atom. The molecule has 0 fully saturated rings. The molecule has 7 heteroatoms. The minimum atomic E-state index is 0.0925. The highest BCUT2D eigenvalue weighted by molar-refractivity contribution is 7.99. The SMILES string of the molecule is CC(=O)CSc1nnc(C(C)N(C)C)n1-c1ccc(Cl)cc1. The van der Waals surface area contributed by atoms with Gasteiger partial charge in [0, 0.05) is 10.7 Å². The van der Waals surface area contributed by atoms with Crippen molar-refractivity contribution < 1.29 is 4.79 Å². The van der Waals surface area contributed by atoms with E-state index in [0.29, 0.717) is 15.9 Å². The van der Waals surface area contributed by atoms with Crippen molar-refractivity contribution in [1.82, 2.24) is 19.7 Å². The highest BCUT2D eigenvalue weighted by Gasteiger charge is 2.21. The minimum Gasteiger partial charge on any atom is -0.300 e. The van der Waals surface area contributed by atoms with E-state index in [9.17, 15) is 4.79 Å². The largest absolute Gasteiger partial charge is 0.300 e. The summed E-state index contributed by atoms with van der Waals surface area (Å²) in [6, 6.07) is 7.61. The third-order valence-corrected chi connectivity index (χ3v) is 4.62. The van der Waals surface area contributed by atoms with Gasteiger partial charge in [-0.05, 0) is 52.2 Å². The molecule has 0 spiro atoms. The van der Waals surface area contributed by atoms with Crippen molar-refractivity contribution in [2.45, 2.75) is 25.0 Å². The highest BCUT2D eigenvalue weighted by Crippen LogP contribution is 2.27. The second kappa shape index (κ2) is 7.26. The van der Waals surface area contributed by atoms with Crippen LogP contribution in [0.15, 0.2) is 29.4 Å². The van der Waals surface area contributed by atoms with E-state index in [1.54, 1.807) is 6.92 Å². The molecule has 1 aromatic carbocycles. The number of hydrogen-bond acceptors (Lipinski definition) is 5. The van der Waals surface area contributed by atoms with Gasteiger partial charge in [0.05, 0.1) is 11.8 Å². The van der Waals surface area contributed by atoms with Crippen LogP contribution >= 0.6 is 23.4 Å². The van der Waals surface area contributed by atoms with Crippen molar-refractivity contribution >= 4 is 29.1 Å². The van der Waals surface area contributed by atoms with Crippen LogP contribution in [-0.4, -0.2) is 45.3 Å². The van der Waals surface area contributed by atoms with Gasteiger partial charge < -0.3 is 0 Å². The second-order valence-corrected chi connectivity index (χ2v) is 6.66. The van der Waals surface area contributed by atoms with Gasteiger partial charge in [-0.1, -0.05) is 23.4 Å². The van der Waals surface area contributed by atoms with Crippen molar-refractivity contribution in [2.24, 2.45) is 0 Å². The zero-order chi connectivity index (χ0) is 16.3. The van der Waals surface area contributed by atoms with Gasteiger partial charge in [-0.3, -0.25) is 14.3 Å². The summed E-state index contributed by atoms with van der Waals surface area (Å²) < 4.78 is 1.98. The molecule has 0 amide bonds. The summed E-state index contributed by atoms with van der Waals surface area (Å²) in [7, 11) is 3.99. The van der Waals surface area contributed by atoms with E-state index in [-0.39, 0.29) is 11.8 Å². The molecule has 0 bridgehead atoms. The summed E-state index contributed by atoms with van der Waals surface area (Å²) in [5.74, 6) is 1.32. The highest BCUT2D eigenvalue weighted by atomic mass is 35.5. The van der Waals surface area contributed by atoms with E-state index in [0.717, 1.165) is 11.5 Å². The molecule has 118 valence electrons. The second-order valence-electron chi connectivity index (χ2n) is 5.28. The van der Waals surface area contributed by atoms with Crippen molar-refractivity contribution in [1.29, 1.82) is 0 Å². The van der Waals surface area contributed by atoms with Gasteiger partial charge in [-0.25, -0.2) is 0 Å². The van der Waals surface area contributed by atoms with Gasteiger partial charge >= 0.3 is 0 Å². The lowest BCUT2D eigenvalue weighted by atomic mass is 10.2. The molecule has 22 heavy (non-hydrogen) atoms. The van der Waals surface area contributed by atoms with Crippen molar-refractivity contribution in [2.75, 3.05) is 19.8 Å². The van der Waals surface area contributed by atoms with E-state index < -0.39 is 0 Å². The van der Waals surface area contributed by atoms with E-state index in [1.165, 1.54) is 11.8 Å². The molecule has 1 heterocycles. The molecule has 1 unspecified atom stereocenters. The fourth-order valence-electron chi connectivity index (χ4n) is 1.88. The third-order valence-electron chi connectivity index (χ3n) is 3.30. The minimum absolute atomic E-state index is 0.0925. The molecular weight excluding hydrogens is 320 g/mol. The average Bonchev–Trinajstić information content (AvgIpc) is 2.88. The Bertz CT molecular complexity index is 654. The van der Waals surface area contributed by atoms with Crippen molar-refractivity contribution in [3.8, 4) is 5.69 Å². The topological polar surface area (TPSA) is 51.0 Å². The summed E-state index contributed by atoms with van der Waals surface area (Å²) in [5.41, 5.74) is 0.934. The number of nitrogens with zero attached hydrogens (tertiary/aromatic N) is 4. The van der Waals surface area contributed by atoms with Gasteiger partial charge in [0.25, 0.3) is 0 Å². The summed E-state index contributed by atoms with van der Waals surface area (Å²) in [5, 5.41) is 9.96. The monoisotopic (exact) mass is 338 g/mol. The number of carbonyl (C=O) groups is 1. The third kappa shape index (κ3) is 3.88. The fraction of sp³-hybridized carbons (Fsp3) is 0.400. The Balaban J connectivity index is 2.47. The number of thioether (sulfide) groups is 1. The smallest absolute Gasteiger partial charge is 0.196 e. The zero-order valence-corrected chi connectivity index (χ0v) is 14.6. The van der Waals surface area contributed by atoms with Gasteiger partial charge in [0.2, 0.25) is 0 Å². The molecule has 0 aliphatic rings. The lowest BCUT2D eigenvalue weighted by Crippen LogP contribution is -2.20. The first-order valence-corrected chi connectivity index (χ1v) is 8.26. The predicted octanol–water partition coefficient (Wildman–Crippen LogP) is 3.22. The van der Waals surface area contributed by atoms with E-state index >= 15 is 0 Å². The van der Waals surface area contributed by atoms with Crippen LogP contribution in [0.2, 0.25) is 5.02 Å². The maximum Gasteiger partial charge on any atom is 0.196 e. The molecule has 0 aliphatic heterocycles. The zero-order valence-electron chi connectivity index (χ0n) is 13.1. The Morgan fingerprint density at radius 2 is 1.95 bits per heavy atom. The first kappa shape index (κ1) is 17.0. The van der Waals surface area contributed by atoms with Crippen LogP contribution in [0.25, 0.3) is 5.69 Å². The van der Waals surface area contributed by atoms with Gasteiger partial charge in [-0.15, -0.1) is 10.2 Å². The van der Waals surface area contributed by atoms with Crippen LogP contribution in [0.5, 0.6) is 0 Å². The normalized spacial score (nSPS) is 12.6. The Labute approximate surface area is 139 Å². The standard InChI is InChI=1S/C15H19ClN4OS/c1-10(21)9-22-15-18-17-14(11(2)19(3)4)20(15)13-7-5-12(16)6-8-13/h5-8,11H,9H2,1-4H3. The summed E-state index contributed by atoms with van der Waals surface area (Å²) >= 11 is 7.36. The number of carbonyl (C=O) groups excluding carboxylic acids is 1. The Hall–Kier alpha value is -1.37. The lowest BCUT2D eigenvalue weighted by molar-refractivity contribution is -0.114. The summed E-state index contributed by atoms with van der Waals surface area (Å²) in [6.45, 7) is 3.63. The number of halogens is 1. The van der Waals surface area contributed by atoms with Crippen LogP contribution in [0.3, 0.4) is 0 Å². The molecule has 1 atom stereocenters. The van der Waals surface area contributed by atoms with E-state index in [1.807, 2.05) is 42.9 Å². The van der Waals surface area contributed by atoms with Gasteiger partial charge in [-0.2, -0.15) is 0 Å². The Kier molecular flexibility index (Phi) is 5.61. The van der Waals surface area contributed by atoms with Crippen LogP contribution < -0.4 is 0 Å². The lowest BCUT2D eigenvalue weighted by Gasteiger charge is -2.20. The first-order valence-electron chi connectivity index (χ1n) is 6.90. The number of ketones is 1. The van der Waals surface area contributed by atoms with E-state index in [4.69, 9.17) is 11.6 Å². The quantitative estimate of drug-likeness (QED) is 0.757. The van der Waals surface area contributed by atoms with Crippen LogP contribution in [0.4, 0.5) is 0 Å². The molecule has 1 aromatic heterocycles. The molecular formula is C15H19ClN4OS. The first-order chi connectivity index (χ1) is 10.4. The number of Topliss-reactive ketones (excluding diaryl/α,β-unsaturated/α-hetero) is 1. The fourth-order valence-corrected chi connectivity index (χ4v) is 2.76. The number of benzene rings is 1. The maximum absolute atomic E-state index is 11.3. The predicted molar refractivity (Wildman–Crippen MR) is 89.9 cm³/mol. The van der Waals surface area contributed by atoms with Crippen molar-refractivity contribution in [3.05, 3.63) is 35.1 Å².